The number of hydrogen-bond donors (Lipinski definition) is 2. The number of benzene rings is 2. The maximum Gasteiger partial charge on any atom is 0.341 e. The number of nitrogens with one attached hydrogen (secondary N) is 2. The molecule has 12 heteroatoms. The van der Waals surface area contributed by atoms with Crippen molar-refractivity contribution >= 4 is 45.9 Å². The third kappa shape index (κ3) is 8.52. The number of ether oxygens (including phenoxy) is 2. The van der Waals surface area contributed by atoms with Crippen molar-refractivity contribution in [2.75, 3.05) is 18.5 Å². The Morgan fingerprint density at radius 3 is 2.51 bits per heavy atom. The van der Waals surface area contributed by atoms with Crippen LogP contribution in [0, 0.1) is 0 Å². The van der Waals surface area contributed by atoms with Crippen molar-refractivity contribution in [1.29, 1.82) is 0 Å². The van der Waals surface area contributed by atoms with Gasteiger partial charge in [0, 0.05) is 11.4 Å². The van der Waals surface area contributed by atoms with E-state index in [2.05, 4.69) is 33.0 Å². The van der Waals surface area contributed by atoms with Crippen molar-refractivity contribution in [3.63, 3.8) is 0 Å². The second kappa shape index (κ2) is 15.7. The van der Waals surface area contributed by atoms with Gasteiger partial charge in [-0.15, -0.1) is 21.5 Å². The number of thiophene rings is 1. The van der Waals surface area contributed by atoms with E-state index < -0.39 is 11.2 Å². The lowest BCUT2D eigenvalue weighted by atomic mass is 9.95. The van der Waals surface area contributed by atoms with Gasteiger partial charge in [0.05, 0.1) is 24.0 Å². The van der Waals surface area contributed by atoms with Crippen molar-refractivity contribution < 1.29 is 23.9 Å². The molecule has 0 saturated carbocycles. The summed E-state index contributed by atoms with van der Waals surface area (Å²) in [6.45, 7) is 4.44. The Bertz CT molecular complexity index is 1610. The molecule has 2 heterocycles. The summed E-state index contributed by atoms with van der Waals surface area (Å²) in [5, 5.41) is 15.2. The zero-order chi connectivity index (χ0) is 31.6. The zero-order valence-electron chi connectivity index (χ0n) is 25.4. The molecule has 5 rings (SSSR count). The number of aromatic nitrogens is 3. The Hall–Kier alpha value is -4.16. The highest BCUT2D eigenvalue weighted by molar-refractivity contribution is 8.00. The highest BCUT2D eigenvalue weighted by Crippen LogP contribution is 2.39. The minimum absolute atomic E-state index is 0.124. The molecular weight excluding hydrogens is 611 g/mol. The third-order valence-electron chi connectivity index (χ3n) is 7.36. The third-order valence-corrected chi connectivity index (χ3v) is 9.64. The first-order chi connectivity index (χ1) is 21.9. The van der Waals surface area contributed by atoms with Gasteiger partial charge in [-0.25, -0.2) is 4.79 Å². The van der Waals surface area contributed by atoms with E-state index in [1.807, 2.05) is 41.0 Å². The molecule has 4 aromatic rings. The average molecular weight is 648 g/mol. The van der Waals surface area contributed by atoms with Crippen LogP contribution in [-0.4, -0.2) is 51.0 Å². The van der Waals surface area contributed by atoms with Gasteiger partial charge in [0.25, 0.3) is 5.91 Å². The zero-order valence-corrected chi connectivity index (χ0v) is 27.0. The Kier molecular flexibility index (Phi) is 11.3. The topological polar surface area (TPSA) is 124 Å². The molecule has 0 radical (unpaired) electrons. The molecule has 0 bridgehead atoms. The molecule has 236 valence electrons. The van der Waals surface area contributed by atoms with E-state index in [-0.39, 0.29) is 31.6 Å². The molecule has 2 N–H and O–H groups in total. The van der Waals surface area contributed by atoms with Gasteiger partial charge in [-0.1, -0.05) is 60.3 Å². The number of aryl methyl sites for hydroxylation is 2. The fraction of sp³-hybridized carbons (Fsp3) is 0.364. The lowest BCUT2D eigenvalue weighted by molar-refractivity contribution is -0.123. The van der Waals surface area contributed by atoms with Crippen molar-refractivity contribution in [3.8, 4) is 5.75 Å². The molecule has 45 heavy (non-hydrogen) atoms. The van der Waals surface area contributed by atoms with Crippen LogP contribution in [0.1, 0.15) is 58.9 Å². The predicted molar refractivity (Wildman–Crippen MR) is 175 cm³/mol. The number of anilines is 1. The van der Waals surface area contributed by atoms with Gasteiger partial charge in [-0.3, -0.25) is 9.59 Å². The number of carbonyl (C=O) groups is 3. The summed E-state index contributed by atoms with van der Waals surface area (Å²) in [5.41, 5.74) is 2.64. The molecule has 1 aliphatic carbocycles. The summed E-state index contributed by atoms with van der Waals surface area (Å²) < 4.78 is 12.8. The normalized spacial score (nSPS) is 13.0. The fourth-order valence-electron chi connectivity index (χ4n) is 5.04. The van der Waals surface area contributed by atoms with Crippen LogP contribution in [0.4, 0.5) is 5.00 Å². The average Bonchev–Trinajstić information content (AvgIpc) is 3.62. The van der Waals surface area contributed by atoms with Crippen molar-refractivity contribution in [2.24, 2.45) is 0 Å². The van der Waals surface area contributed by atoms with Crippen molar-refractivity contribution in [3.05, 3.63) is 88.1 Å². The molecule has 10 nitrogen and oxygen atoms in total. The predicted octanol–water partition coefficient (Wildman–Crippen LogP) is 5.45. The number of esters is 1. The molecule has 0 fully saturated rings. The Balaban J connectivity index is 1.27. The first kappa shape index (κ1) is 32.2. The molecular formula is C33H37N5O5S2. The maximum absolute atomic E-state index is 13.5. The molecule has 2 amide bonds. The summed E-state index contributed by atoms with van der Waals surface area (Å²) in [6, 6.07) is 19.2. The van der Waals surface area contributed by atoms with E-state index in [0.717, 1.165) is 41.7 Å². The minimum atomic E-state index is -0.541. The highest BCUT2D eigenvalue weighted by atomic mass is 32.2. The number of para-hydroxylation sites is 1. The van der Waals surface area contributed by atoms with Gasteiger partial charge >= 0.3 is 5.97 Å². The Morgan fingerprint density at radius 1 is 1.02 bits per heavy atom. The number of carbonyl (C=O) groups excluding carboxylic acids is 3. The lowest BCUT2D eigenvalue weighted by Gasteiger charge is -2.15. The van der Waals surface area contributed by atoms with Crippen LogP contribution in [0.2, 0.25) is 0 Å². The van der Waals surface area contributed by atoms with Crippen molar-refractivity contribution in [1.82, 2.24) is 20.1 Å². The highest BCUT2D eigenvalue weighted by Gasteiger charge is 2.29. The summed E-state index contributed by atoms with van der Waals surface area (Å²) >= 11 is 2.75. The smallest absolute Gasteiger partial charge is 0.341 e. The van der Waals surface area contributed by atoms with E-state index >= 15 is 0 Å². The van der Waals surface area contributed by atoms with Crippen LogP contribution in [-0.2, 0) is 46.7 Å². The fourth-order valence-corrected chi connectivity index (χ4v) is 7.21. The summed E-state index contributed by atoms with van der Waals surface area (Å²) in [6.07, 6.45) is 4.50. The van der Waals surface area contributed by atoms with Gasteiger partial charge < -0.3 is 24.7 Å². The second-order valence-corrected chi connectivity index (χ2v) is 13.0. The van der Waals surface area contributed by atoms with E-state index in [0.29, 0.717) is 40.3 Å². The number of amides is 2. The van der Waals surface area contributed by atoms with Gasteiger partial charge in [0.1, 0.15) is 10.8 Å². The SMILES string of the molecule is CCOC(=O)c1c(NC(=O)[C@@H](C)Sc2nnc(CNC(=O)COc3ccccc3)n2CCc2ccccc2)sc2c1CCCC2. The first-order valence-electron chi connectivity index (χ1n) is 15.1. The van der Waals surface area contributed by atoms with Crippen LogP contribution in [0.25, 0.3) is 0 Å². The Morgan fingerprint density at radius 2 is 1.76 bits per heavy atom. The number of thioether (sulfide) groups is 1. The van der Waals surface area contributed by atoms with Gasteiger partial charge in [0.15, 0.2) is 17.6 Å². The standard InChI is InChI=1S/C33H37N5O5S2/c1-3-42-32(41)29-25-16-10-11-17-26(25)45-31(29)35-30(40)22(2)44-33-37-36-27(38(33)19-18-23-12-6-4-7-13-23)20-34-28(39)21-43-24-14-8-5-9-15-24/h4-9,12-15,22H,3,10-11,16-21H2,1-2H3,(H,34,39)(H,35,40)/t22-/m1/s1. The van der Waals surface area contributed by atoms with Crippen molar-refractivity contribution in [2.45, 2.75) is 69.4 Å². The van der Waals surface area contributed by atoms with E-state index in [1.165, 1.54) is 23.1 Å². The number of hydrogen-bond acceptors (Lipinski definition) is 9. The van der Waals surface area contributed by atoms with Gasteiger partial charge in [-0.2, -0.15) is 0 Å². The summed E-state index contributed by atoms with van der Waals surface area (Å²) in [4.78, 5) is 40.0. The Labute approximate surface area is 270 Å². The number of fused-ring (bicyclic) bond motifs is 1. The molecule has 0 saturated heterocycles. The van der Waals surface area contributed by atoms with Gasteiger partial charge in [0.2, 0.25) is 5.91 Å². The number of rotatable bonds is 14. The maximum atomic E-state index is 13.5. The second-order valence-electron chi connectivity index (χ2n) is 10.5. The van der Waals surface area contributed by atoms with Crippen LogP contribution in [0.5, 0.6) is 5.75 Å². The molecule has 2 aromatic heterocycles. The first-order valence-corrected chi connectivity index (χ1v) is 16.8. The lowest BCUT2D eigenvalue weighted by Crippen LogP contribution is -2.30. The number of nitrogens with zero attached hydrogens (tertiary/aromatic N) is 3. The summed E-state index contributed by atoms with van der Waals surface area (Å²) in [5.74, 6) is 0.268. The molecule has 1 aliphatic rings. The van der Waals surface area contributed by atoms with Crippen LogP contribution in [0.15, 0.2) is 65.8 Å². The summed E-state index contributed by atoms with van der Waals surface area (Å²) in [7, 11) is 0. The quantitative estimate of drug-likeness (QED) is 0.137. The minimum Gasteiger partial charge on any atom is -0.484 e. The molecule has 0 aliphatic heterocycles. The van der Waals surface area contributed by atoms with E-state index in [1.54, 1.807) is 26.0 Å². The largest absolute Gasteiger partial charge is 0.484 e. The van der Waals surface area contributed by atoms with Crippen LogP contribution in [0.3, 0.4) is 0 Å². The molecule has 0 unspecified atom stereocenters. The van der Waals surface area contributed by atoms with E-state index in [4.69, 9.17) is 9.47 Å². The van der Waals surface area contributed by atoms with Crippen LogP contribution < -0.4 is 15.4 Å². The van der Waals surface area contributed by atoms with E-state index in [9.17, 15) is 14.4 Å². The monoisotopic (exact) mass is 647 g/mol. The molecule has 1 atom stereocenters. The van der Waals surface area contributed by atoms with Gasteiger partial charge in [-0.05, 0) is 69.2 Å². The van der Waals surface area contributed by atoms with Crippen LogP contribution >= 0.6 is 23.1 Å². The molecule has 0 spiro atoms. The molecule has 2 aromatic carbocycles.